The maximum atomic E-state index is 15.0. The number of primary amides is 1. The molecule has 9 amide bonds. The third-order valence-corrected chi connectivity index (χ3v) is 19.1. The van der Waals surface area contributed by atoms with E-state index in [1.54, 1.807) is 38.1 Å². The van der Waals surface area contributed by atoms with Crippen LogP contribution in [0.3, 0.4) is 0 Å². The van der Waals surface area contributed by atoms with Gasteiger partial charge in [-0.05, 0) is 81.3 Å². The van der Waals surface area contributed by atoms with Crippen LogP contribution in [-0.4, -0.2) is 204 Å². The van der Waals surface area contributed by atoms with Crippen LogP contribution in [-0.2, 0) is 93.0 Å². The number of Topliss-reactive ketones (excluding diaryl/α,β-unsaturated/α-hetero) is 4. The molecule has 1 aromatic carbocycles. The maximum Gasteiger partial charge on any atom is 0.304 e. The van der Waals surface area contributed by atoms with E-state index < -0.39 is 262 Å². The quantitative estimate of drug-likeness (QED) is 0.0886. The second-order valence-corrected chi connectivity index (χ2v) is 28.0. The minimum Gasteiger partial charge on any atom is -0.481 e. The minimum atomic E-state index is -1.99. The molecule has 0 saturated carbocycles. The first-order chi connectivity index (χ1) is 46.1. The second kappa shape index (κ2) is 40.5. The molecule has 1 fully saturated rings. The number of benzene rings is 1. The van der Waals surface area contributed by atoms with Crippen molar-refractivity contribution in [2.75, 3.05) is 24.6 Å². The Morgan fingerprint density at radius 1 is 0.531 bits per heavy atom. The lowest BCUT2D eigenvalue weighted by molar-refractivity contribution is -0.144. The molecule has 4 bridgehead atoms. The number of nitrogens with two attached hydrogens (primary N) is 1. The molecule has 0 unspecified atom stereocenters. The number of rotatable bonds is 19. The Labute approximate surface area is 575 Å². The van der Waals surface area contributed by atoms with E-state index >= 15 is 0 Å². The number of aliphatic carboxylic acids is 4. The third-order valence-electron chi connectivity index (χ3n) is 16.7. The normalized spacial score (nSPS) is 26.2. The molecule has 33 heteroatoms. The fourth-order valence-corrected chi connectivity index (χ4v) is 13.9. The van der Waals surface area contributed by atoms with Crippen LogP contribution in [0.5, 0.6) is 0 Å². The number of ketones is 4. The van der Waals surface area contributed by atoms with Crippen molar-refractivity contribution in [1.29, 1.82) is 0 Å². The average molecular weight is 1420 g/mol. The molecule has 14 N–H and O–H groups in total. The van der Waals surface area contributed by atoms with Gasteiger partial charge >= 0.3 is 23.9 Å². The Bertz CT molecular complexity index is 3110. The molecular weight excluding hydrogens is 1320 g/mol. The molecule has 98 heavy (non-hydrogen) atoms. The number of hydrogen-bond acceptors (Lipinski definition) is 20. The van der Waals surface area contributed by atoms with Crippen molar-refractivity contribution in [2.45, 2.75) is 204 Å². The number of carboxylic acid groups (broad SMARTS) is 4. The standard InChI is InChI=1S/C65H93N9O22S2/c1-33(2)20-39-24-49(77)41-25-50(78)42(12-16-54(82)83)68-53(81)28-67-64(95)58(35(5)75)73-61(92)45(14-18-56(86)87)71-60(91)44(13-17-55(84)85)70-59(90)38(27-57(88)89)23-48(76)40(31-97-29-36-8-6-9-37(22-36)30-98-32-41)26-51(79)43(11-15-52(66)80)69-62(93)46(21-34(3)4)72-63(94)47-10-7-19-74(47)65(39)96/h6,8-9,22,33-35,38-47,58,75H,7,10-21,23-32H2,1-5H3,(H2,66,80)(H,67,95)(H,68,81)(H,69,93)(H,70,90)(H,71,91)(H,72,94)(H,73,92)(H,82,83)(H,84,85)(H,86,87)(H,88,89)/t35-,38+,39-,40+,41+,42+,43+,44+,45+,46+,47+,58+/m1/s1. The predicted octanol–water partition coefficient (Wildman–Crippen LogP) is 0.305. The lowest BCUT2D eigenvalue weighted by Crippen LogP contribution is -2.59. The van der Waals surface area contributed by atoms with Gasteiger partial charge in [0.2, 0.25) is 53.2 Å². The first-order valence-electron chi connectivity index (χ1n) is 32.7. The van der Waals surface area contributed by atoms with Gasteiger partial charge < -0.3 is 73.4 Å². The molecule has 0 spiro atoms. The van der Waals surface area contributed by atoms with Crippen LogP contribution in [0.1, 0.15) is 155 Å². The van der Waals surface area contributed by atoms with Crippen LogP contribution in [0.15, 0.2) is 24.3 Å². The number of amides is 9. The Morgan fingerprint density at radius 3 is 1.49 bits per heavy atom. The van der Waals surface area contributed by atoms with Gasteiger partial charge in [0.05, 0.1) is 37.1 Å². The Balaban J connectivity index is 2.00. The van der Waals surface area contributed by atoms with Gasteiger partial charge in [0.25, 0.3) is 0 Å². The summed E-state index contributed by atoms with van der Waals surface area (Å²) >= 11 is 2.36. The zero-order valence-electron chi connectivity index (χ0n) is 55.7. The SMILES string of the molecule is CC(C)C[C@@H]1CC(=O)[C@@H]2CSCc3cccc(c3)CSC[C@H](CC(=O)[C@H](CCC(N)=O)NC(=O)[C@H](CC(C)C)NC(=O)[C@@H]3CCCN3C1=O)C(=O)C[C@@H](CC(=O)O)C(=O)N[C@@H](CCC(=O)O)C(=O)N[C@@H](CCC(=O)O)C(=O)N[C@@H]([C@@H](C)O)C(=O)NCC(=O)N[C@@H](CCC(=O)O)C(=O)C2. The minimum absolute atomic E-state index is 0.0230. The van der Waals surface area contributed by atoms with Crippen molar-refractivity contribution >= 4 is 124 Å². The molecule has 4 rings (SSSR count). The number of carboxylic acids is 4. The van der Waals surface area contributed by atoms with Crippen LogP contribution in [0, 0.1) is 35.5 Å². The molecule has 1 aromatic rings. The first-order valence-corrected chi connectivity index (χ1v) is 35.0. The van der Waals surface area contributed by atoms with E-state index in [9.17, 15) is 107 Å². The van der Waals surface area contributed by atoms with Crippen LogP contribution in [0.2, 0.25) is 0 Å². The van der Waals surface area contributed by atoms with Gasteiger partial charge in [-0.25, -0.2) is 0 Å². The molecule has 1 saturated heterocycles. The fraction of sp³-hybridized carbons (Fsp3) is 0.646. The number of hydrogen-bond donors (Lipinski definition) is 13. The molecule has 0 aromatic heterocycles. The summed E-state index contributed by atoms with van der Waals surface area (Å²) in [6.45, 7) is 7.25. The van der Waals surface area contributed by atoms with E-state index in [-0.39, 0.29) is 60.7 Å². The highest BCUT2D eigenvalue weighted by Crippen LogP contribution is 2.31. The number of thioether (sulfide) groups is 2. The van der Waals surface area contributed by atoms with Crippen molar-refractivity contribution in [3.8, 4) is 0 Å². The monoisotopic (exact) mass is 1420 g/mol. The van der Waals surface area contributed by atoms with Gasteiger partial charge in [0, 0.05) is 98.7 Å². The van der Waals surface area contributed by atoms with Crippen LogP contribution in [0.25, 0.3) is 0 Å². The topological polar surface area (TPSA) is 505 Å². The Hall–Kier alpha value is -8.33. The van der Waals surface area contributed by atoms with E-state index in [2.05, 4.69) is 37.2 Å². The zero-order chi connectivity index (χ0) is 73.1. The predicted molar refractivity (Wildman–Crippen MR) is 352 cm³/mol. The van der Waals surface area contributed by atoms with Crippen LogP contribution in [0.4, 0.5) is 0 Å². The van der Waals surface area contributed by atoms with Gasteiger partial charge in [0.15, 0.2) is 11.6 Å². The Morgan fingerprint density at radius 2 is 0.990 bits per heavy atom. The van der Waals surface area contributed by atoms with Crippen LogP contribution >= 0.6 is 23.5 Å². The highest BCUT2D eigenvalue weighted by atomic mass is 32.2. The lowest BCUT2D eigenvalue weighted by Gasteiger charge is -2.31. The lowest BCUT2D eigenvalue weighted by atomic mass is 9.85. The highest BCUT2D eigenvalue weighted by Gasteiger charge is 2.42. The molecule has 0 aliphatic carbocycles. The summed E-state index contributed by atoms with van der Waals surface area (Å²) in [5, 5.41) is 66.6. The number of fused-ring (bicyclic) bond motifs is 7. The second-order valence-electron chi connectivity index (χ2n) is 26.0. The summed E-state index contributed by atoms with van der Waals surface area (Å²) < 4.78 is 0. The molecule has 542 valence electrons. The van der Waals surface area contributed by atoms with E-state index in [1.165, 1.54) is 16.7 Å². The Kier molecular flexibility index (Phi) is 34.0. The van der Waals surface area contributed by atoms with E-state index in [0.717, 1.165) is 18.7 Å². The van der Waals surface area contributed by atoms with Crippen molar-refractivity contribution < 1.29 is 107 Å². The summed E-state index contributed by atoms with van der Waals surface area (Å²) in [6.07, 6.45) is -10.3. The number of nitrogens with one attached hydrogen (secondary N) is 7. The van der Waals surface area contributed by atoms with Crippen molar-refractivity contribution in [2.24, 2.45) is 41.2 Å². The molecule has 0 radical (unpaired) electrons. The molecule has 3 heterocycles. The summed E-state index contributed by atoms with van der Waals surface area (Å²) in [4.78, 5) is 235. The number of aliphatic hydroxyl groups is 1. The van der Waals surface area contributed by atoms with E-state index in [1.807, 2.05) is 13.8 Å². The van der Waals surface area contributed by atoms with E-state index in [4.69, 9.17) is 5.73 Å². The maximum absolute atomic E-state index is 15.0. The third kappa shape index (κ3) is 28.3. The van der Waals surface area contributed by atoms with Gasteiger partial charge in [-0.3, -0.25) is 81.5 Å². The fourth-order valence-electron chi connectivity index (χ4n) is 11.7. The molecule has 3 aliphatic rings. The number of aliphatic hydroxyl groups excluding tert-OH is 1. The summed E-state index contributed by atoms with van der Waals surface area (Å²) in [6, 6.07) is -4.58. The molecule has 31 nitrogen and oxygen atoms in total. The molecule has 3 aliphatic heterocycles. The van der Waals surface area contributed by atoms with Crippen LogP contribution < -0.4 is 43.0 Å². The summed E-state index contributed by atoms with van der Waals surface area (Å²) in [5.74, 6) is -24.5. The molecule has 12 atom stereocenters. The zero-order valence-corrected chi connectivity index (χ0v) is 57.3. The van der Waals surface area contributed by atoms with Gasteiger partial charge in [-0.15, -0.1) is 0 Å². The summed E-state index contributed by atoms with van der Waals surface area (Å²) in [7, 11) is 0. The number of carbonyl (C=O) groups is 17. The van der Waals surface area contributed by atoms with Gasteiger partial charge in [-0.1, -0.05) is 52.0 Å². The summed E-state index contributed by atoms with van der Waals surface area (Å²) in [5.41, 5.74) is 6.92. The average Bonchev–Trinajstić information content (AvgIpc) is 1.60. The van der Waals surface area contributed by atoms with E-state index in [0.29, 0.717) is 17.5 Å². The number of nitrogens with zero attached hydrogens (tertiary/aromatic N) is 1. The van der Waals surface area contributed by atoms with Crippen molar-refractivity contribution in [3.05, 3.63) is 35.4 Å². The largest absolute Gasteiger partial charge is 0.481 e. The van der Waals surface area contributed by atoms with Gasteiger partial charge in [-0.2, -0.15) is 23.5 Å². The van der Waals surface area contributed by atoms with Crippen molar-refractivity contribution in [3.63, 3.8) is 0 Å². The van der Waals surface area contributed by atoms with Gasteiger partial charge in [0.1, 0.15) is 41.8 Å². The smallest absolute Gasteiger partial charge is 0.304 e. The first kappa shape index (κ1) is 82.1. The molecular formula is C65H93N9O22S2. The highest BCUT2D eigenvalue weighted by molar-refractivity contribution is 7.98. The number of carbonyl (C=O) groups excluding carboxylic acids is 13. The van der Waals surface area contributed by atoms with Crippen molar-refractivity contribution in [1.82, 2.24) is 42.1 Å².